The van der Waals surface area contributed by atoms with Crippen molar-refractivity contribution in [1.82, 2.24) is 0 Å². The van der Waals surface area contributed by atoms with Gasteiger partial charge in [-0.25, -0.2) is 0 Å². The Hall–Kier alpha value is -1.47. The van der Waals surface area contributed by atoms with Crippen LogP contribution < -0.4 is 5.32 Å². The molecule has 0 bridgehead atoms. The van der Waals surface area contributed by atoms with E-state index in [0.717, 1.165) is 10.7 Å². The largest absolute Gasteiger partial charge is 0.355 e. The van der Waals surface area contributed by atoms with Crippen LogP contribution in [0.3, 0.4) is 0 Å². The number of fused-ring (bicyclic) bond motifs is 2. The van der Waals surface area contributed by atoms with Crippen LogP contribution in [0.1, 0.15) is 25.0 Å². The van der Waals surface area contributed by atoms with Gasteiger partial charge in [0.15, 0.2) is 0 Å². The normalized spacial score (nSPS) is 15.7. The fraction of sp³-hybridized carbons (Fsp3) is 0.200. The molecule has 0 aromatic heterocycles. The number of anilines is 2. The highest BCUT2D eigenvalue weighted by Crippen LogP contribution is 2.45. The summed E-state index contributed by atoms with van der Waals surface area (Å²) < 4.78 is 0. The van der Waals surface area contributed by atoms with Gasteiger partial charge in [0, 0.05) is 21.8 Å². The van der Waals surface area contributed by atoms with Gasteiger partial charge in [-0.15, -0.1) is 0 Å². The van der Waals surface area contributed by atoms with Crippen LogP contribution in [0, 0.1) is 0 Å². The first-order chi connectivity index (χ1) is 8.09. The molecule has 1 aliphatic heterocycles. The summed E-state index contributed by atoms with van der Waals surface area (Å²) in [6.45, 7) is 4.48. The molecule has 86 valence electrons. The maximum absolute atomic E-state index is 6.10. The molecular formula is C15H14ClN. The third-order valence-corrected chi connectivity index (χ3v) is 3.76. The molecule has 1 N–H and O–H groups in total. The fourth-order valence-corrected chi connectivity index (χ4v) is 2.74. The van der Waals surface area contributed by atoms with E-state index in [1.165, 1.54) is 16.8 Å². The van der Waals surface area contributed by atoms with Crippen molar-refractivity contribution in [3.8, 4) is 0 Å². The van der Waals surface area contributed by atoms with Crippen molar-refractivity contribution < 1.29 is 0 Å². The molecule has 0 fully saturated rings. The van der Waals surface area contributed by atoms with Crippen molar-refractivity contribution in [1.29, 1.82) is 0 Å². The van der Waals surface area contributed by atoms with Gasteiger partial charge in [-0.05, 0) is 35.4 Å². The molecule has 1 heterocycles. The first-order valence-electron chi connectivity index (χ1n) is 5.75. The van der Waals surface area contributed by atoms with E-state index in [4.69, 9.17) is 11.6 Å². The summed E-state index contributed by atoms with van der Waals surface area (Å²) in [5, 5.41) is 4.25. The Balaban J connectivity index is 2.27. The Kier molecular flexibility index (Phi) is 2.20. The van der Waals surface area contributed by atoms with Crippen LogP contribution in [0.15, 0.2) is 42.5 Å². The summed E-state index contributed by atoms with van der Waals surface area (Å²) in [4.78, 5) is 0. The van der Waals surface area contributed by atoms with Crippen LogP contribution in [-0.4, -0.2) is 0 Å². The number of para-hydroxylation sites is 1. The Labute approximate surface area is 106 Å². The highest BCUT2D eigenvalue weighted by Gasteiger charge is 2.32. The van der Waals surface area contributed by atoms with Gasteiger partial charge in [-0.3, -0.25) is 0 Å². The topological polar surface area (TPSA) is 12.0 Å². The first-order valence-corrected chi connectivity index (χ1v) is 6.13. The van der Waals surface area contributed by atoms with Gasteiger partial charge in [0.2, 0.25) is 0 Å². The average Bonchev–Trinajstić information content (AvgIpc) is 2.31. The van der Waals surface area contributed by atoms with Gasteiger partial charge in [-0.2, -0.15) is 0 Å². The summed E-state index contributed by atoms with van der Waals surface area (Å²) in [5.41, 5.74) is 4.89. The number of rotatable bonds is 0. The van der Waals surface area contributed by atoms with Crippen molar-refractivity contribution in [2.24, 2.45) is 0 Å². The molecule has 0 aliphatic carbocycles. The van der Waals surface area contributed by atoms with E-state index in [1.807, 2.05) is 6.07 Å². The first kappa shape index (κ1) is 10.7. The second kappa shape index (κ2) is 3.51. The predicted octanol–water partition coefficient (Wildman–Crippen LogP) is 4.72. The Morgan fingerprint density at radius 1 is 0.941 bits per heavy atom. The SMILES string of the molecule is CC1(C)c2ccccc2Nc2ccc(Cl)cc21. The lowest BCUT2D eigenvalue weighted by Gasteiger charge is -2.35. The number of hydrogen-bond acceptors (Lipinski definition) is 1. The monoisotopic (exact) mass is 243 g/mol. The van der Waals surface area contributed by atoms with Crippen molar-refractivity contribution in [3.63, 3.8) is 0 Å². The molecule has 1 nitrogen and oxygen atoms in total. The van der Waals surface area contributed by atoms with Crippen LogP contribution in [0.4, 0.5) is 11.4 Å². The molecule has 0 radical (unpaired) electrons. The Morgan fingerprint density at radius 2 is 1.65 bits per heavy atom. The van der Waals surface area contributed by atoms with Crippen LogP contribution in [0.25, 0.3) is 0 Å². The van der Waals surface area contributed by atoms with E-state index in [2.05, 4.69) is 55.6 Å². The lowest BCUT2D eigenvalue weighted by Crippen LogP contribution is -2.25. The highest BCUT2D eigenvalue weighted by molar-refractivity contribution is 6.30. The average molecular weight is 244 g/mol. The maximum atomic E-state index is 6.10. The van der Waals surface area contributed by atoms with E-state index in [-0.39, 0.29) is 5.41 Å². The number of nitrogens with one attached hydrogen (secondary N) is 1. The van der Waals surface area contributed by atoms with Crippen molar-refractivity contribution in [2.45, 2.75) is 19.3 Å². The quantitative estimate of drug-likeness (QED) is 0.706. The zero-order chi connectivity index (χ0) is 12.0. The van der Waals surface area contributed by atoms with Crippen molar-refractivity contribution >= 4 is 23.0 Å². The minimum absolute atomic E-state index is 0.0118. The van der Waals surface area contributed by atoms with Gasteiger partial charge in [0.1, 0.15) is 0 Å². The van der Waals surface area contributed by atoms with Crippen LogP contribution in [-0.2, 0) is 5.41 Å². The summed E-state index contributed by atoms with van der Waals surface area (Å²) in [6.07, 6.45) is 0. The second-order valence-corrected chi connectivity index (χ2v) is 5.42. The van der Waals surface area contributed by atoms with E-state index in [0.29, 0.717) is 0 Å². The van der Waals surface area contributed by atoms with Gasteiger partial charge in [-0.1, -0.05) is 43.6 Å². The lowest BCUT2D eigenvalue weighted by molar-refractivity contribution is 0.638. The van der Waals surface area contributed by atoms with Crippen molar-refractivity contribution in [3.05, 3.63) is 58.6 Å². The minimum Gasteiger partial charge on any atom is -0.355 e. The Bertz CT molecular complexity index is 587. The molecule has 0 saturated heterocycles. The lowest BCUT2D eigenvalue weighted by atomic mass is 9.74. The van der Waals surface area contributed by atoms with E-state index >= 15 is 0 Å². The molecule has 0 unspecified atom stereocenters. The maximum Gasteiger partial charge on any atom is 0.0426 e. The molecular weight excluding hydrogens is 230 g/mol. The minimum atomic E-state index is -0.0118. The van der Waals surface area contributed by atoms with E-state index < -0.39 is 0 Å². The summed E-state index contributed by atoms with van der Waals surface area (Å²) in [6, 6.07) is 14.5. The third kappa shape index (κ3) is 1.54. The van der Waals surface area contributed by atoms with E-state index in [1.54, 1.807) is 0 Å². The van der Waals surface area contributed by atoms with Crippen LogP contribution >= 0.6 is 11.6 Å². The highest BCUT2D eigenvalue weighted by atomic mass is 35.5. The van der Waals surface area contributed by atoms with Gasteiger partial charge < -0.3 is 5.32 Å². The number of benzene rings is 2. The molecule has 2 aromatic carbocycles. The van der Waals surface area contributed by atoms with Gasteiger partial charge >= 0.3 is 0 Å². The van der Waals surface area contributed by atoms with Crippen LogP contribution in [0.2, 0.25) is 5.02 Å². The molecule has 1 aliphatic rings. The van der Waals surface area contributed by atoms with Gasteiger partial charge in [0.25, 0.3) is 0 Å². The number of halogens is 1. The van der Waals surface area contributed by atoms with E-state index in [9.17, 15) is 0 Å². The molecule has 17 heavy (non-hydrogen) atoms. The zero-order valence-corrected chi connectivity index (χ0v) is 10.7. The molecule has 2 aromatic rings. The molecule has 2 heteroatoms. The summed E-state index contributed by atoms with van der Waals surface area (Å²) in [5.74, 6) is 0. The second-order valence-electron chi connectivity index (χ2n) is 4.99. The molecule has 0 amide bonds. The molecule has 0 spiro atoms. The zero-order valence-electron chi connectivity index (χ0n) is 9.92. The number of hydrogen-bond donors (Lipinski definition) is 1. The third-order valence-electron chi connectivity index (χ3n) is 3.52. The molecule has 3 rings (SSSR count). The van der Waals surface area contributed by atoms with Crippen LogP contribution in [0.5, 0.6) is 0 Å². The summed E-state index contributed by atoms with van der Waals surface area (Å²) >= 11 is 6.10. The molecule has 0 atom stereocenters. The predicted molar refractivity (Wildman–Crippen MR) is 73.3 cm³/mol. The molecule has 0 saturated carbocycles. The van der Waals surface area contributed by atoms with Gasteiger partial charge in [0.05, 0.1) is 0 Å². The fourth-order valence-electron chi connectivity index (χ4n) is 2.57. The summed E-state index contributed by atoms with van der Waals surface area (Å²) in [7, 11) is 0. The standard InChI is InChI=1S/C15H14ClN/c1-15(2)11-5-3-4-6-13(11)17-14-8-7-10(16)9-12(14)15/h3-9,17H,1-2H3. The smallest absolute Gasteiger partial charge is 0.0426 e. The Morgan fingerprint density at radius 3 is 2.47 bits per heavy atom. The van der Waals surface area contributed by atoms with Crippen molar-refractivity contribution in [2.75, 3.05) is 5.32 Å².